The molecule has 16 heavy (non-hydrogen) atoms. The molecule has 1 heterocycles. The van der Waals surface area contributed by atoms with E-state index in [-0.39, 0.29) is 11.5 Å². The second kappa shape index (κ2) is 4.42. The van der Waals surface area contributed by atoms with Crippen LogP contribution in [-0.2, 0) is 0 Å². The molecule has 0 spiro atoms. The fourth-order valence-corrected chi connectivity index (χ4v) is 1.47. The molecular formula is C13H22N2O. The zero-order chi connectivity index (χ0) is 12.5. The minimum absolute atomic E-state index is 0.0101. The summed E-state index contributed by atoms with van der Waals surface area (Å²) in [4.78, 5) is 0. The molecule has 1 aromatic rings. The van der Waals surface area contributed by atoms with Crippen LogP contribution in [0.1, 0.15) is 46.4 Å². The highest BCUT2D eigenvalue weighted by Crippen LogP contribution is 2.33. The maximum Gasteiger partial charge on any atom is 0.0754 e. The number of hydrogen-bond donors (Lipinski definition) is 1. The van der Waals surface area contributed by atoms with Crippen LogP contribution in [0.5, 0.6) is 0 Å². The van der Waals surface area contributed by atoms with Crippen molar-refractivity contribution in [3.05, 3.63) is 24.5 Å². The van der Waals surface area contributed by atoms with Gasteiger partial charge in [-0.25, -0.2) is 0 Å². The lowest BCUT2D eigenvalue weighted by atomic mass is 9.85. The summed E-state index contributed by atoms with van der Waals surface area (Å²) < 4.78 is 1.85. The van der Waals surface area contributed by atoms with E-state index < -0.39 is 6.10 Å². The normalized spacial score (nSPS) is 15.9. The van der Waals surface area contributed by atoms with Gasteiger partial charge in [0.25, 0.3) is 0 Å². The van der Waals surface area contributed by atoms with E-state index in [2.05, 4.69) is 32.4 Å². The van der Waals surface area contributed by atoms with Crippen molar-refractivity contribution in [1.82, 2.24) is 9.78 Å². The molecule has 2 unspecified atom stereocenters. The third-order valence-corrected chi connectivity index (χ3v) is 2.97. The van der Waals surface area contributed by atoms with E-state index in [4.69, 9.17) is 0 Å². The number of hydrogen-bond acceptors (Lipinski definition) is 2. The van der Waals surface area contributed by atoms with Crippen LogP contribution in [-0.4, -0.2) is 21.0 Å². The molecule has 2 atom stereocenters. The first-order valence-corrected chi connectivity index (χ1v) is 5.66. The van der Waals surface area contributed by atoms with Gasteiger partial charge >= 0.3 is 0 Å². The maximum atomic E-state index is 9.61. The highest BCUT2D eigenvalue weighted by atomic mass is 16.3. The van der Waals surface area contributed by atoms with E-state index in [0.717, 1.165) is 11.3 Å². The highest BCUT2D eigenvalue weighted by Gasteiger charge is 2.22. The van der Waals surface area contributed by atoms with Crippen LogP contribution in [0.25, 0.3) is 5.57 Å². The predicted molar refractivity (Wildman–Crippen MR) is 67.1 cm³/mol. The lowest BCUT2D eigenvalue weighted by Crippen LogP contribution is -2.22. The summed E-state index contributed by atoms with van der Waals surface area (Å²) in [5.41, 5.74) is 2.05. The summed E-state index contributed by atoms with van der Waals surface area (Å²) in [6.45, 7) is 14.2. The van der Waals surface area contributed by atoms with Crippen molar-refractivity contribution in [1.29, 1.82) is 0 Å². The van der Waals surface area contributed by atoms with E-state index in [9.17, 15) is 5.11 Å². The van der Waals surface area contributed by atoms with Crippen molar-refractivity contribution in [3.63, 3.8) is 0 Å². The molecule has 0 saturated carbocycles. The zero-order valence-corrected chi connectivity index (χ0v) is 10.9. The van der Waals surface area contributed by atoms with E-state index >= 15 is 0 Å². The van der Waals surface area contributed by atoms with E-state index in [1.165, 1.54) is 0 Å². The van der Waals surface area contributed by atoms with Crippen LogP contribution in [0.4, 0.5) is 0 Å². The molecular weight excluding hydrogens is 200 g/mol. The Morgan fingerprint density at radius 2 is 2.00 bits per heavy atom. The van der Waals surface area contributed by atoms with Gasteiger partial charge < -0.3 is 5.11 Å². The molecule has 0 aliphatic carbocycles. The Labute approximate surface area is 97.8 Å². The number of rotatable bonds is 3. The van der Waals surface area contributed by atoms with Crippen LogP contribution < -0.4 is 0 Å². The van der Waals surface area contributed by atoms with Gasteiger partial charge in [0.05, 0.1) is 17.8 Å². The first-order valence-electron chi connectivity index (χ1n) is 5.66. The Morgan fingerprint density at radius 3 is 2.44 bits per heavy atom. The van der Waals surface area contributed by atoms with Gasteiger partial charge in [-0.2, -0.15) is 5.10 Å². The molecule has 0 aromatic carbocycles. The molecule has 0 aliphatic rings. The molecule has 3 nitrogen and oxygen atoms in total. The highest BCUT2D eigenvalue weighted by molar-refractivity contribution is 5.64. The largest absolute Gasteiger partial charge is 0.391 e. The molecule has 0 radical (unpaired) electrons. The molecule has 0 fully saturated rings. The quantitative estimate of drug-likeness (QED) is 0.854. The fourth-order valence-electron chi connectivity index (χ4n) is 1.47. The average molecular weight is 222 g/mol. The molecule has 90 valence electrons. The van der Waals surface area contributed by atoms with Gasteiger partial charge in [-0.05, 0) is 30.9 Å². The van der Waals surface area contributed by atoms with Gasteiger partial charge in [-0.3, -0.25) is 4.68 Å². The van der Waals surface area contributed by atoms with Crippen molar-refractivity contribution < 1.29 is 5.11 Å². The smallest absolute Gasteiger partial charge is 0.0754 e. The summed E-state index contributed by atoms with van der Waals surface area (Å²) in [7, 11) is 0. The molecule has 0 aliphatic heterocycles. The van der Waals surface area contributed by atoms with Gasteiger partial charge in [0.2, 0.25) is 0 Å². The number of allylic oxidation sites excluding steroid dienone is 1. The summed E-state index contributed by atoms with van der Waals surface area (Å²) >= 11 is 0. The van der Waals surface area contributed by atoms with Crippen LogP contribution in [0.3, 0.4) is 0 Å². The first-order chi connectivity index (χ1) is 7.25. The number of aromatic nitrogens is 2. The van der Waals surface area contributed by atoms with Crippen LogP contribution >= 0.6 is 0 Å². The maximum absolute atomic E-state index is 9.61. The van der Waals surface area contributed by atoms with Gasteiger partial charge in [0, 0.05) is 6.20 Å². The van der Waals surface area contributed by atoms with Crippen LogP contribution in [0.15, 0.2) is 18.8 Å². The van der Waals surface area contributed by atoms with Gasteiger partial charge in [-0.1, -0.05) is 27.4 Å². The molecule has 1 rings (SSSR count). The van der Waals surface area contributed by atoms with Gasteiger partial charge in [-0.15, -0.1) is 0 Å². The minimum Gasteiger partial charge on any atom is -0.391 e. The SMILES string of the molecule is C=C(c1ccnn1C(C)C(C)O)C(C)(C)C. The zero-order valence-electron chi connectivity index (χ0n) is 10.9. The first kappa shape index (κ1) is 13.0. The van der Waals surface area contributed by atoms with Crippen LogP contribution in [0.2, 0.25) is 0 Å². The van der Waals surface area contributed by atoms with Crippen molar-refractivity contribution in [2.45, 2.75) is 46.8 Å². The summed E-state index contributed by atoms with van der Waals surface area (Å²) in [5, 5.41) is 13.9. The van der Waals surface area contributed by atoms with E-state index in [0.29, 0.717) is 0 Å². The predicted octanol–water partition coefficient (Wildman–Crippen LogP) is 2.88. The van der Waals surface area contributed by atoms with Gasteiger partial charge in [0.1, 0.15) is 0 Å². The number of aliphatic hydroxyl groups is 1. The monoisotopic (exact) mass is 222 g/mol. The Kier molecular flexibility index (Phi) is 3.58. The second-order valence-electron chi connectivity index (χ2n) is 5.37. The molecule has 0 amide bonds. The van der Waals surface area contributed by atoms with E-state index in [1.54, 1.807) is 13.1 Å². The minimum atomic E-state index is -0.425. The van der Waals surface area contributed by atoms with E-state index in [1.807, 2.05) is 17.7 Å². The summed E-state index contributed by atoms with van der Waals surface area (Å²) in [6, 6.07) is 1.91. The van der Waals surface area contributed by atoms with Crippen LogP contribution in [0, 0.1) is 5.41 Å². The average Bonchev–Trinajstić information content (AvgIpc) is 2.61. The summed E-state index contributed by atoms with van der Waals surface area (Å²) in [5.74, 6) is 0. The van der Waals surface area contributed by atoms with Crippen molar-refractivity contribution in [2.75, 3.05) is 0 Å². The third kappa shape index (κ3) is 2.53. The number of aliphatic hydroxyl groups excluding tert-OH is 1. The molecule has 3 heteroatoms. The molecule has 1 aromatic heterocycles. The van der Waals surface area contributed by atoms with Gasteiger partial charge in [0.15, 0.2) is 0 Å². The Hall–Kier alpha value is -1.09. The molecule has 1 N–H and O–H groups in total. The molecule has 0 saturated heterocycles. The lowest BCUT2D eigenvalue weighted by molar-refractivity contribution is 0.132. The van der Waals surface area contributed by atoms with Crippen molar-refractivity contribution in [3.8, 4) is 0 Å². The number of nitrogens with zero attached hydrogens (tertiary/aromatic N) is 2. The third-order valence-electron chi connectivity index (χ3n) is 2.97. The Morgan fingerprint density at radius 1 is 1.44 bits per heavy atom. The Balaban J connectivity index is 3.08. The molecule has 0 bridgehead atoms. The standard InChI is InChI=1S/C13H22N2O/c1-9(13(4,5)6)12-7-8-14-15(12)10(2)11(3)16/h7-8,10-11,16H,1H2,2-6H3. The fraction of sp³-hybridized carbons (Fsp3) is 0.615. The Bertz CT molecular complexity index is 372. The lowest BCUT2D eigenvalue weighted by Gasteiger charge is -2.25. The van der Waals surface area contributed by atoms with Crippen molar-refractivity contribution >= 4 is 5.57 Å². The second-order valence-corrected chi connectivity index (χ2v) is 5.37. The topological polar surface area (TPSA) is 38.0 Å². The summed E-state index contributed by atoms with van der Waals surface area (Å²) in [6.07, 6.45) is 1.33. The van der Waals surface area contributed by atoms with Crippen molar-refractivity contribution in [2.24, 2.45) is 5.41 Å².